The molecule has 1 heterocycles. The lowest BCUT2D eigenvalue weighted by Gasteiger charge is -2.22. The second-order valence-corrected chi connectivity index (χ2v) is 6.50. The third-order valence-corrected chi connectivity index (χ3v) is 4.52. The number of urea groups is 1. The van der Waals surface area contributed by atoms with Crippen LogP contribution in [0.5, 0.6) is 17.2 Å². The number of methoxy groups -OCH3 is 1. The van der Waals surface area contributed by atoms with E-state index in [2.05, 4.69) is 10.6 Å². The van der Waals surface area contributed by atoms with Crippen molar-refractivity contribution in [2.24, 2.45) is 5.92 Å². The van der Waals surface area contributed by atoms with E-state index in [9.17, 15) is 4.79 Å². The maximum Gasteiger partial charge on any atom is 0.319 e. The van der Waals surface area contributed by atoms with Crippen LogP contribution in [0, 0.1) is 5.92 Å². The minimum Gasteiger partial charge on any atom is -0.493 e. The predicted octanol–water partition coefficient (Wildman–Crippen LogP) is 4.43. The molecule has 2 aromatic carbocycles. The van der Waals surface area contributed by atoms with E-state index in [1.54, 1.807) is 19.2 Å². The first-order chi connectivity index (χ1) is 13.3. The number of ether oxygens (including phenoxy) is 3. The largest absolute Gasteiger partial charge is 0.493 e. The lowest BCUT2D eigenvalue weighted by molar-refractivity contribution is 0.0520. The third kappa shape index (κ3) is 5.62. The zero-order chi connectivity index (χ0) is 18.9. The molecule has 0 aliphatic carbocycles. The highest BCUT2D eigenvalue weighted by molar-refractivity contribution is 5.90. The van der Waals surface area contributed by atoms with Gasteiger partial charge in [-0.25, -0.2) is 4.79 Å². The van der Waals surface area contributed by atoms with E-state index in [0.717, 1.165) is 26.1 Å². The van der Waals surface area contributed by atoms with E-state index in [1.165, 1.54) is 6.42 Å². The van der Waals surface area contributed by atoms with Gasteiger partial charge < -0.3 is 24.8 Å². The SMILES string of the molecule is COc1ccccc1Oc1ccccc1NC(=O)NCC[C@H]1CCCOC1. The molecule has 0 aromatic heterocycles. The van der Waals surface area contributed by atoms with Gasteiger partial charge in [-0.3, -0.25) is 0 Å². The Bertz CT molecular complexity index is 744. The maximum atomic E-state index is 12.2. The smallest absolute Gasteiger partial charge is 0.319 e. The van der Waals surface area contributed by atoms with Crippen LogP contribution >= 0.6 is 0 Å². The number of amides is 2. The highest BCUT2D eigenvalue weighted by Gasteiger charge is 2.14. The molecule has 0 bridgehead atoms. The molecular weight excluding hydrogens is 344 g/mol. The molecule has 1 aliphatic heterocycles. The molecule has 1 aliphatic rings. The second kappa shape index (κ2) is 9.83. The summed E-state index contributed by atoms with van der Waals surface area (Å²) >= 11 is 0. The van der Waals surface area contributed by atoms with Gasteiger partial charge in [0.15, 0.2) is 17.2 Å². The lowest BCUT2D eigenvalue weighted by Crippen LogP contribution is -2.31. The molecule has 0 spiro atoms. The van der Waals surface area contributed by atoms with Crippen LogP contribution in [0.4, 0.5) is 10.5 Å². The number of carbonyl (C=O) groups excluding carboxylic acids is 1. The molecule has 3 rings (SSSR count). The average molecular weight is 370 g/mol. The Morgan fingerprint density at radius 2 is 1.85 bits per heavy atom. The van der Waals surface area contributed by atoms with Crippen molar-refractivity contribution in [3.05, 3.63) is 48.5 Å². The number of carbonyl (C=O) groups is 1. The summed E-state index contributed by atoms with van der Waals surface area (Å²) < 4.78 is 16.7. The Labute approximate surface area is 159 Å². The molecule has 6 heteroatoms. The molecule has 0 unspecified atom stereocenters. The van der Waals surface area contributed by atoms with Crippen LogP contribution in [0.2, 0.25) is 0 Å². The molecule has 1 fully saturated rings. The summed E-state index contributed by atoms with van der Waals surface area (Å²) in [6.07, 6.45) is 3.19. The standard InChI is InChI=1S/C21H26N2O4/c1-25-19-10-4-5-11-20(19)27-18-9-3-2-8-17(18)23-21(24)22-13-12-16-7-6-14-26-15-16/h2-5,8-11,16H,6-7,12-15H2,1H3,(H2,22,23,24)/t16-/m1/s1. The molecule has 2 amide bonds. The Morgan fingerprint density at radius 3 is 2.59 bits per heavy atom. The van der Waals surface area contributed by atoms with Crippen LogP contribution < -0.4 is 20.1 Å². The Kier molecular flexibility index (Phi) is 6.93. The minimum atomic E-state index is -0.247. The number of nitrogens with one attached hydrogen (secondary N) is 2. The Hall–Kier alpha value is -2.73. The fourth-order valence-electron chi connectivity index (χ4n) is 3.07. The zero-order valence-electron chi connectivity index (χ0n) is 15.6. The van der Waals surface area contributed by atoms with Gasteiger partial charge in [0, 0.05) is 19.8 Å². The van der Waals surface area contributed by atoms with Gasteiger partial charge in [0.2, 0.25) is 0 Å². The maximum absolute atomic E-state index is 12.2. The first kappa shape index (κ1) is 19.0. The van der Waals surface area contributed by atoms with Gasteiger partial charge in [-0.2, -0.15) is 0 Å². The van der Waals surface area contributed by atoms with Gasteiger partial charge in [0.25, 0.3) is 0 Å². The second-order valence-electron chi connectivity index (χ2n) is 6.50. The Balaban J connectivity index is 1.56. The van der Waals surface area contributed by atoms with Gasteiger partial charge in [-0.05, 0) is 49.4 Å². The summed E-state index contributed by atoms with van der Waals surface area (Å²) in [4.78, 5) is 12.2. The molecule has 144 valence electrons. The fraction of sp³-hybridized carbons (Fsp3) is 0.381. The number of anilines is 1. The normalized spacial score (nSPS) is 16.4. The lowest BCUT2D eigenvalue weighted by atomic mass is 9.99. The van der Waals surface area contributed by atoms with Crippen molar-refractivity contribution in [2.45, 2.75) is 19.3 Å². The highest BCUT2D eigenvalue weighted by Crippen LogP contribution is 2.34. The third-order valence-electron chi connectivity index (χ3n) is 4.52. The van der Waals surface area contributed by atoms with Crippen molar-refractivity contribution >= 4 is 11.7 Å². The van der Waals surface area contributed by atoms with E-state index in [1.807, 2.05) is 36.4 Å². The van der Waals surface area contributed by atoms with Gasteiger partial charge in [0.1, 0.15) is 0 Å². The predicted molar refractivity (Wildman–Crippen MR) is 105 cm³/mol. The van der Waals surface area contributed by atoms with Crippen LogP contribution in [0.1, 0.15) is 19.3 Å². The molecule has 2 N–H and O–H groups in total. The molecule has 27 heavy (non-hydrogen) atoms. The van der Waals surface area contributed by atoms with Gasteiger partial charge >= 0.3 is 6.03 Å². The molecule has 1 atom stereocenters. The van der Waals surface area contributed by atoms with Crippen LogP contribution in [-0.2, 0) is 4.74 Å². The number of para-hydroxylation sites is 4. The molecular formula is C21H26N2O4. The minimum absolute atomic E-state index is 0.247. The van der Waals surface area contributed by atoms with E-state index in [-0.39, 0.29) is 6.03 Å². The fourth-order valence-corrected chi connectivity index (χ4v) is 3.07. The van der Waals surface area contributed by atoms with Crippen LogP contribution in [0.25, 0.3) is 0 Å². The van der Waals surface area contributed by atoms with E-state index in [0.29, 0.717) is 35.4 Å². The molecule has 0 saturated carbocycles. The van der Waals surface area contributed by atoms with Crippen LogP contribution in [0.15, 0.2) is 48.5 Å². The van der Waals surface area contributed by atoms with Crippen molar-refractivity contribution in [1.82, 2.24) is 5.32 Å². The summed E-state index contributed by atoms with van der Waals surface area (Å²) in [6, 6.07) is 14.5. The number of benzene rings is 2. The van der Waals surface area contributed by atoms with Crippen molar-refractivity contribution in [3.8, 4) is 17.2 Å². The summed E-state index contributed by atoms with van der Waals surface area (Å²) in [5, 5.41) is 5.77. The molecule has 0 radical (unpaired) electrons. The van der Waals surface area contributed by atoms with E-state index in [4.69, 9.17) is 14.2 Å². The topological polar surface area (TPSA) is 68.8 Å². The van der Waals surface area contributed by atoms with Gasteiger partial charge in [0.05, 0.1) is 12.8 Å². The van der Waals surface area contributed by atoms with Crippen molar-refractivity contribution in [1.29, 1.82) is 0 Å². The summed E-state index contributed by atoms with van der Waals surface area (Å²) in [5.41, 5.74) is 0.599. The highest BCUT2D eigenvalue weighted by atomic mass is 16.5. The van der Waals surface area contributed by atoms with Crippen molar-refractivity contribution in [2.75, 3.05) is 32.2 Å². The van der Waals surface area contributed by atoms with Crippen LogP contribution in [0.3, 0.4) is 0 Å². The van der Waals surface area contributed by atoms with E-state index >= 15 is 0 Å². The molecule has 6 nitrogen and oxygen atoms in total. The molecule has 1 saturated heterocycles. The number of rotatable bonds is 7. The Morgan fingerprint density at radius 1 is 1.11 bits per heavy atom. The number of hydrogen-bond donors (Lipinski definition) is 2. The summed E-state index contributed by atoms with van der Waals surface area (Å²) in [5.74, 6) is 2.30. The van der Waals surface area contributed by atoms with E-state index < -0.39 is 0 Å². The first-order valence-electron chi connectivity index (χ1n) is 9.29. The van der Waals surface area contributed by atoms with Crippen molar-refractivity contribution in [3.63, 3.8) is 0 Å². The van der Waals surface area contributed by atoms with Gasteiger partial charge in [-0.1, -0.05) is 24.3 Å². The summed E-state index contributed by atoms with van der Waals surface area (Å²) in [6.45, 7) is 2.27. The number of hydrogen-bond acceptors (Lipinski definition) is 4. The monoisotopic (exact) mass is 370 g/mol. The quantitative estimate of drug-likeness (QED) is 0.757. The average Bonchev–Trinajstić information content (AvgIpc) is 2.71. The molecule has 2 aromatic rings. The zero-order valence-corrected chi connectivity index (χ0v) is 15.6. The van der Waals surface area contributed by atoms with Crippen molar-refractivity contribution < 1.29 is 19.0 Å². The van der Waals surface area contributed by atoms with Crippen LogP contribution in [-0.4, -0.2) is 32.9 Å². The summed E-state index contributed by atoms with van der Waals surface area (Å²) in [7, 11) is 1.59. The van der Waals surface area contributed by atoms with Gasteiger partial charge in [-0.15, -0.1) is 0 Å². The first-order valence-corrected chi connectivity index (χ1v) is 9.29.